The molecule has 0 atom stereocenters. The first kappa shape index (κ1) is 25.9. The summed E-state index contributed by atoms with van der Waals surface area (Å²) in [6.45, 7) is 9.31. The van der Waals surface area contributed by atoms with Crippen molar-refractivity contribution in [3.05, 3.63) is 76.0 Å². The SMILES string of the molecule is CCCCCC[C-]=C[Si](C)(C)C.[CH]1[CH][CH][CH][CH]1.[CH]1[CH][CH][CH][CH]1.[Ti]. The molecule has 0 nitrogen and oxygen atoms in total. The third-order valence-corrected chi connectivity index (χ3v) is 3.89. The normalized spacial score (nSPS) is 17.0. The van der Waals surface area contributed by atoms with Crippen LogP contribution in [0.15, 0.2) is 5.70 Å². The van der Waals surface area contributed by atoms with Crippen LogP contribution in [0.25, 0.3) is 0 Å². The summed E-state index contributed by atoms with van der Waals surface area (Å²) >= 11 is 0. The minimum atomic E-state index is -0.962. The van der Waals surface area contributed by atoms with Crippen LogP contribution in [0, 0.1) is 70.3 Å². The van der Waals surface area contributed by atoms with Crippen LogP contribution in [-0.4, -0.2) is 8.07 Å². The fraction of sp³-hybridized carbons (Fsp3) is 0.429. The molecule has 126 valence electrons. The van der Waals surface area contributed by atoms with Crippen molar-refractivity contribution >= 4 is 8.07 Å². The molecule has 0 spiro atoms. The third kappa shape index (κ3) is 25.0. The van der Waals surface area contributed by atoms with E-state index >= 15 is 0 Å². The Balaban J connectivity index is 0. The minimum Gasteiger partial charge on any atom is -0.505 e. The van der Waals surface area contributed by atoms with Crippen molar-refractivity contribution in [1.82, 2.24) is 0 Å². The number of rotatable bonds is 6. The standard InChI is InChI=1S/C11H23Si.2C5H5.Ti/c1-5-6-7-8-9-10-11-12(2,3)4;2*1-2-4-5-3-1;/h11H,5-9H2,1-4H3;2*1-5H;/q-1;;;. The van der Waals surface area contributed by atoms with Crippen LogP contribution in [0.5, 0.6) is 0 Å². The minimum absolute atomic E-state index is 0. The van der Waals surface area contributed by atoms with Gasteiger partial charge in [0.1, 0.15) is 0 Å². The van der Waals surface area contributed by atoms with E-state index in [1.54, 1.807) is 0 Å². The molecule has 0 amide bonds. The molecule has 10 radical (unpaired) electrons. The third-order valence-electron chi connectivity index (χ3n) is 2.82. The van der Waals surface area contributed by atoms with E-state index in [1.807, 2.05) is 64.2 Å². The second-order valence-electron chi connectivity index (χ2n) is 6.45. The van der Waals surface area contributed by atoms with Gasteiger partial charge < -0.3 is 6.08 Å². The average Bonchev–Trinajstić information content (AvgIpc) is 3.20. The number of hydrogen-bond acceptors (Lipinski definition) is 0. The quantitative estimate of drug-likeness (QED) is 0.299. The van der Waals surface area contributed by atoms with Crippen molar-refractivity contribution in [1.29, 1.82) is 0 Å². The van der Waals surface area contributed by atoms with E-state index < -0.39 is 8.07 Å². The fourth-order valence-electron chi connectivity index (χ4n) is 1.67. The molecule has 0 saturated heterocycles. The Hall–Kier alpha value is 0.671. The molecule has 2 aliphatic carbocycles. The van der Waals surface area contributed by atoms with Gasteiger partial charge >= 0.3 is 0 Å². The van der Waals surface area contributed by atoms with Crippen LogP contribution in [-0.2, 0) is 21.7 Å². The molecule has 0 bridgehead atoms. The second-order valence-corrected chi connectivity index (χ2v) is 11.5. The molecule has 0 aromatic heterocycles. The topological polar surface area (TPSA) is 0 Å². The molecule has 0 aliphatic heterocycles. The van der Waals surface area contributed by atoms with Gasteiger partial charge in [0.25, 0.3) is 0 Å². The first-order valence-electron chi connectivity index (χ1n) is 8.47. The maximum Gasteiger partial charge on any atom is 0.0336 e. The molecule has 2 rings (SSSR count). The summed E-state index contributed by atoms with van der Waals surface area (Å²) in [6, 6.07) is 0. The number of allylic oxidation sites excluding steroid dienone is 1. The van der Waals surface area contributed by atoms with Gasteiger partial charge in [-0.1, -0.05) is 52.2 Å². The summed E-state index contributed by atoms with van der Waals surface area (Å²) in [7, 11) is -0.962. The van der Waals surface area contributed by atoms with Gasteiger partial charge in [0.15, 0.2) is 0 Å². The van der Waals surface area contributed by atoms with Crippen molar-refractivity contribution in [2.75, 3.05) is 0 Å². The van der Waals surface area contributed by atoms with Crippen molar-refractivity contribution in [3.8, 4) is 0 Å². The van der Waals surface area contributed by atoms with Crippen molar-refractivity contribution in [3.63, 3.8) is 0 Å². The van der Waals surface area contributed by atoms with Gasteiger partial charge in [-0.15, -0.1) is 0 Å². The Morgan fingerprint density at radius 1 is 0.696 bits per heavy atom. The molecule has 2 saturated carbocycles. The van der Waals surface area contributed by atoms with Crippen LogP contribution < -0.4 is 0 Å². The van der Waals surface area contributed by atoms with Crippen molar-refractivity contribution in [2.24, 2.45) is 0 Å². The van der Waals surface area contributed by atoms with E-state index in [2.05, 4.69) is 38.3 Å². The fourth-order valence-corrected chi connectivity index (χ4v) is 2.43. The summed E-state index contributed by atoms with van der Waals surface area (Å²) in [6.07, 6.45) is 30.0. The molecular weight excluding hydrogens is 328 g/mol. The van der Waals surface area contributed by atoms with Crippen LogP contribution in [0.3, 0.4) is 0 Å². The monoisotopic (exact) mass is 361 g/mol. The molecule has 0 heterocycles. The maximum atomic E-state index is 3.42. The largest absolute Gasteiger partial charge is 0.505 e. The molecular formula is C21H33SiTi-. The van der Waals surface area contributed by atoms with Crippen molar-refractivity contribution < 1.29 is 21.7 Å². The van der Waals surface area contributed by atoms with Gasteiger partial charge in [0, 0.05) is 29.8 Å². The van der Waals surface area contributed by atoms with E-state index in [1.165, 1.54) is 32.1 Å². The Bertz CT molecular complexity index is 209. The Morgan fingerprint density at radius 2 is 1.09 bits per heavy atom. The van der Waals surface area contributed by atoms with Crippen molar-refractivity contribution in [2.45, 2.75) is 58.7 Å². The van der Waals surface area contributed by atoms with Crippen LogP contribution >= 0.6 is 0 Å². The molecule has 2 aliphatic rings. The second kappa shape index (κ2) is 19.0. The molecule has 0 unspecified atom stereocenters. The van der Waals surface area contributed by atoms with Gasteiger partial charge in [-0.3, -0.25) is 5.70 Å². The van der Waals surface area contributed by atoms with E-state index in [0.717, 1.165) is 0 Å². The Kier molecular flexibility index (Phi) is 21.4. The predicted octanol–water partition coefficient (Wildman–Crippen LogP) is 6.23. The zero-order valence-electron chi connectivity index (χ0n) is 15.4. The molecule has 0 N–H and O–H groups in total. The average molecular weight is 361 g/mol. The first-order chi connectivity index (χ1) is 10.6. The number of unbranched alkanes of at least 4 members (excludes halogenated alkanes) is 4. The molecule has 23 heavy (non-hydrogen) atoms. The van der Waals surface area contributed by atoms with E-state index in [-0.39, 0.29) is 21.7 Å². The first-order valence-corrected chi connectivity index (χ1v) is 12.0. The van der Waals surface area contributed by atoms with Crippen LogP contribution in [0.1, 0.15) is 39.0 Å². The summed E-state index contributed by atoms with van der Waals surface area (Å²) < 4.78 is 0. The number of hydrogen-bond donors (Lipinski definition) is 0. The van der Waals surface area contributed by atoms with Gasteiger partial charge in [-0.25, -0.2) is 0 Å². The van der Waals surface area contributed by atoms with Crippen LogP contribution in [0.2, 0.25) is 19.6 Å². The van der Waals surface area contributed by atoms with E-state index in [9.17, 15) is 0 Å². The summed E-state index contributed by atoms with van der Waals surface area (Å²) in [5.41, 5.74) is 2.33. The predicted molar refractivity (Wildman–Crippen MR) is 103 cm³/mol. The maximum absolute atomic E-state index is 3.42. The summed E-state index contributed by atoms with van der Waals surface area (Å²) in [4.78, 5) is 0. The molecule has 2 heteroatoms. The van der Waals surface area contributed by atoms with E-state index in [0.29, 0.717) is 0 Å². The Morgan fingerprint density at radius 3 is 1.39 bits per heavy atom. The van der Waals surface area contributed by atoms with Gasteiger partial charge in [0.05, 0.1) is 0 Å². The molecule has 0 aromatic carbocycles. The smallest absolute Gasteiger partial charge is 0.0336 e. The molecule has 2 fully saturated rings. The van der Waals surface area contributed by atoms with E-state index in [4.69, 9.17) is 0 Å². The summed E-state index contributed by atoms with van der Waals surface area (Å²) in [5.74, 6) is 0. The Labute approximate surface area is 164 Å². The van der Waals surface area contributed by atoms with Gasteiger partial charge in [-0.2, -0.15) is 6.42 Å². The van der Waals surface area contributed by atoms with Crippen LogP contribution in [0.4, 0.5) is 0 Å². The zero-order valence-corrected chi connectivity index (χ0v) is 17.9. The van der Waals surface area contributed by atoms with Gasteiger partial charge in [-0.05, 0) is 64.2 Å². The summed E-state index contributed by atoms with van der Waals surface area (Å²) in [5, 5.41) is 0. The zero-order chi connectivity index (χ0) is 16.5. The van der Waals surface area contributed by atoms with Gasteiger partial charge in [0.2, 0.25) is 0 Å². The molecule has 0 aromatic rings.